The summed E-state index contributed by atoms with van der Waals surface area (Å²) in [6, 6.07) is 9.46. The van der Waals surface area contributed by atoms with Gasteiger partial charge in [-0.05, 0) is 18.4 Å². The van der Waals surface area contributed by atoms with Gasteiger partial charge in [0.2, 0.25) is 5.91 Å². The zero-order valence-corrected chi connectivity index (χ0v) is 12.4. The Balaban J connectivity index is 1.99. The second kappa shape index (κ2) is 10.7. The molecule has 0 bridgehead atoms. The molecule has 1 aromatic rings. The molecule has 0 fully saturated rings. The average molecular weight is 293 g/mol. The van der Waals surface area contributed by atoms with Crippen LogP contribution in [0, 0.1) is 0 Å². The van der Waals surface area contributed by atoms with Gasteiger partial charge in [0.05, 0.1) is 6.61 Å². The van der Waals surface area contributed by atoms with Crippen molar-refractivity contribution in [3.8, 4) is 0 Å². The number of hydrazine groups is 1. The lowest BCUT2D eigenvalue weighted by molar-refractivity contribution is -0.122. The predicted octanol–water partition coefficient (Wildman–Crippen LogP) is 1.72. The highest BCUT2D eigenvalue weighted by molar-refractivity contribution is 5.80. The molecule has 0 aliphatic heterocycles. The fraction of sp³-hybridized carbons (Fsp3) is 0.467. The van der Waals surface area contributed by atoms with Crippen LogP contribution in [0.1, 0.15) is 31.7 Å². The lowest BCUT2D eigenvalue weighted by Gasteiger charge is -2.08. The maximum Gasteiger partial charge on any atom is 0.333 e. The fourth-order valence-corrected chi connectivity index (χ4v) is 1.57. The van der Waals surface area contributed by atoms with Gasteiger partial charge in [0.25, 0.3) is 0 Å². The fourth-order valence-electron chi connectivity index (χ4n) is 1.57. The summed E-state index contributed by atoms with van der Waals surface area (Å²) in [6.07, 6.45) is 1.76. The molecule has 3 N–H and O–H groups in total. The summed E-state index contributed by atoms with van der Waals surface area (Å²) in [4.78, 5) is 22.6. The highest BCUT2D eigenvalue weighted by atomic mass is 16.5. The molecule has 0 spiro atoms. The number of rotatable bonds is 8. The highest BCUT2D eigenvalue weighted by Gasteiger charge is 2.03. The van der Waals surface area contributed by atoms with Gasteiger partial charge in [0.1, 0.15) is 0 Å². The molecule has 0 radical (unpaired) electrons. The van der Waals surface area contributed by atoms with E-state index in [0.717, 1.165) is 12.0 Å². The molecule has 0 saturated carbocycles. The van der Waals surface area contributed by atoms with E-state index in [9.17, 15) is 9.59 Å². The molecule has 0 aromatic heterocycles. The number of urea groups is 1. The Morgan fingerprint density at radius 2 is 1.90 bits per heavy atom. The van der Waals surface area contributed by atoms with Gasteiger partial charge in [-0.1, -0.05) is 37.3 Å². The van der Waals surface area contributed by atoms with Crippen molar-refractivity contribution in [1.29, 1.82) is 0 Å². The SMILES string of the molecule is CCCNC(=O)NNC(=O)CCCOCc1ccccc1. The van der Waals surface area contributed by atoms with Gasteiger partial charge in [0.15, 0.2) is 0 Å². The van der Waals surface area contributed by atoms with Gasteiger partial charge in [-0.15, -0.1) is 0 Å². The molecule has 6 heteroatoms. The number of carbonyl (C=O) groups excluding carboxylic acids is 2. The Labute approximate surface area is 125 Å². The topological polar surface area (TPSA) is 79.5 Å². The van der Waals surface area contributed by atoms with Crippen LogP contribution in [0.15, 0.2) is 30.3 Å². The summed E-state index contributed by atoms with van der Waals surface area (Å²) in [5, 5.41) is 2.59. The molecule has 0 aliphatic rings. The summed E-state index contributed by atoms with van der Waals surface area (Å²) in [5.74, 6) is -0.232. The lowest BCUT2D eigenvalue weighted by atomic mass is 10.2. The summed E-state index contributed by atoms with van der Waals surface area (Å²) < 4.78 is 5.47. The van der Waals surface area contributed by atoms with Crippen molar-refractivity contribution in [2.45, 2.75) is 32.8 Å². The minimum absolute atomic E-state index is 0.232. The number of hydrogen-bond acceptors (Lipinski definition) is 3. The van der Waals surface area contributed by atoms with E-state index in [0.29, 0.717) is 32.6 Å². The van der Waals surface area contributed by atoms with Crippen molar-refractivity contribution in [1.82, 2.24) is 16.2 Å². The third kappa shape index (κ3) is 8.65. The minimum Gasteiger partial charge on any atom is -0.377 e. The number of benzene rings is 1. The minimum atomic E-state index is -0.398. The quantitative estimate of drug-likeness (QED) is 0.504. The van der Waals surface area contributed by atoms with Crippen LogP contribution in [0.25, 0.3) is 0 Å². The molecule has 0 aliphatic carbocycles. The van der Waals surface area contributed by atoms with Crippen LogP contribution in [0.5, 0.6) is 0 Å². The lowest BCUT2D eigenvalue weighted by Crippen LogP contribution is -2.47. The molecule has 0 unspecified atom stereocenters. The molecule has 6 nitrogen and oxygen atoms in total. The molecule has 0 heterocycles. The number of nitrogens with one attached hydrogen (secondary N) is 3. The van der Waals surface area contributed by atoms with Crippen molar-refractivity contribution in [3.05, 3.63) is 35.9 Å². The Hall–Kier alpha value is -2.08. The first-order valence-electron chi connectivity index (χ1n) is 7.16. The van der Waals surface area contributed by atoms with Crippen LogP contribution in [0.4, 0.5) is 4.79 Å². The van der Waals surface area contributed by atoms with E-state index in [-0.39, 0.29) is 5.91 Å². The van der Waals surface area contributed by atoms with E-state index < -0.39 is 6.03 Å². The van der Waals surface area contributed by atoms with Crippen LogP contribution in [0.3, 0.4) is 0 Å². The monoisotopic (exact) mass is 293 g/mol. The highest BCUT2D eigenvalue weighted by Crippen LogP contribution is 2.01. The van der Waals surface area contributed by atoms with Gasteiger partial charge in [-0.3, -0.25) is 10.2 Å². The van der Waals surface area contributed by atoms with Crippen molar-refractivity contribution in [2.75, 3.05) is 13.2 Å². The molecule has 1 aromatic carbocycles. The average Bonchev–Trinajstić information content (AvgIpc) is 2.51. The summed E-state index contributed by atoms with van der Waals surface area (Å²) in [5.41, 5.74) is 5.74. The maximum atomic E-state index is 11.4. The smallest absolute Gasteiger partial charge is 0.333 e. The van der Waals surface area contributed by atoms with Gasteiger partial charge in [-0.25, -0.2) is 10.2 Å². The third-order valence-corrected chi connectivity index (χ3v) is 2.66. The third-order valence-electron chi connectivity index (χ3n) is 2.66. The largest absolute Gasteiger partial charge is 0.377 e. The predicted molar refractivity (Wildman–Crippen MR) is 80.3 cm³/mol. The van der Waals surface area contributed by atoms with Crippen molar-refractivity contribution < 1.29 is 14.3 Å². The van der Waals surface area contributed by atoms with E-state index in [2.05, 4.69) is 16.2 Å². The zero-order chi connectivity index (χ0) is 15.3. The summed E-state index contributed by atoms with van der Waals surface area (Å²) in [6.45, 7) is 3.58. The Morgan fingerprint density at radius 1 is 1.14 bits per heavy atom. The molecule has 0 saturated heterocycles. The van der Waals surface area contributed by atoms with Crippen LogP contribution in [-0.2, 0) is 16.1 Å². The first kappa shape index (κ1) is 17.0. The normalized spacial score (nSPS) is 9.95. The first-order chi connectivity index (χ1) is 10.2. The van der Waals surface area contributed by atoms with E-state index in [1.165, 1.54) is 0 Å². The van der Waals surface area contributed by atoms with Crippen LogP contribution >= 0.6 is 0 Å². The molecular formula is C15H23N3O3. The van der Waals surface area contributed by atoms with E-state index in [1.54, 1.807) is 0 Å². The Kier molecular flexibility index (Phi) is 8.63. The maximum absolute atomic E-state index is 11.4. The summed E-state index contributed by atoms with van der Waals surface area (Å²) >= 11 is 0. The molecule has 0 atom stereocenters. The van der Waals surface area contributed by atoms with Crippen molar-refractivity contribution in [3.63, 3.8) is 0 Å². The second-order valence-corrected chi connectivity index (χ2v) is 4.57. The van der Waals surface area contributed by atoms with Crippen LogP contribution < -0.4 is 16.2 Å². The molecule has 1 rings (SSSR count). The number of hydrogen-bond donors (Lipinski definition) is 3. The van der Waals surface area contributed by atoms with E-state index >= 15 is 0 Å². The van der Waals surface area contributed by atoms with E-state index in [1.807, 2.05) is 37.3 Å². The van der Waals surface area contributed by atoms with Gasteiger partial charge >= 0.3 is 6.03 Å². The Morgan fingerprint density at radius 3 is 2.62 bits per heavy atom. The molecule has 21 heavy (non-hydrogen) atoms. The van der Waals surface area contributed by atoms with Gasteiger partial charge < -0.3 is 10.1 Å². The zero-order valence-electron chi connectivity index (χ0n) is 12.4. The number of ether oxygens (including phenoxy) is 1. The molecule has 116 valence electrons. The second-order valence-electron chi connectivity index (χ2n) is 4.57. The van der Waals surface area contributed by atoms with Crippen LogP contribution in [-0.4, -0.2) is 25.1 Å². The van der Waals surface area contributed by atoms with Crippen molar-refractivity contribution >= 4 is 11.9 Å². The number of carbonyl (C=O) groups is 2. The molecular weight excluding hydrogens is 270 g/mol. The summed E-state index contributed by atoms with van der Waals surface area (Å²) in [7, 11) is 0. The Bertz CT molecular complexity index is 423. The van der Waals surface area contributed by atoms with E-state index in [4.69, 9.17) is 4.74 Å². The first-order valence-corrected chi connectivity index (χ1v) is 7.16. The standard InChI is InChI=1S/C15H23N3O3/c1-2-10-16-15(20)18-17-14(19)9-6-11-21-12-13-7-4-3-5-8-13/h3-5,7-8H,2,6,9-12H2,1H3,(H,17,19)(H2,16,18,20). The van der Waals surface area contributed by atoms with Gasteiger partial charge in [0, 0.05) is 19.6 Å². The molecule has 3 amide bonds. The van der Waals surface area contributed by atoms with Crippen LogP contribution in [0.2, 0.25) is 0 Å². The van der Waals surface area contributed by atoms with Crippen molar-refractivity contribution in [2.24, 2.45) is 0 Å². The van der Waals surface area contributed by atoms with Gasteiger partial charge in [-0.2, -0.15) is 0 Å². The number of amides is 3.